The predicted molar refractivity (Wildman–Crippen MR) is 117 cm³/mol. The number of hydrogen-bond acceptors (Lipinski definition) is 5. The summed E-state index contributed by atoms with van der Waals surface area (Å²) in [5.41, 5.74) is -1.24. The van der Waals surface area contributed by atoms with Gasteiger partial charge in [0.25, 0.3) is 5.69 Å². The number of phenols is 1. The smallest absolute Gasteiger partial charge is 0.416 e. The van der Waals surface area contributed by atoms with Crippen LogP contribution in [0.3, 0.4) is 0 Å². The minimum absolute atomic E-state index is 0.106. The molecule has 0 radical (unpaired) electrons. The highest BCUT2D eigenvalue weighted by atomic mass is 19.4. The van der Waals surface area contributed by atoms with Crippen LogP contribution < -0.4 is 0 Å². The van der Waals surface area contributed by atoms with Gasteiger partial charge < -0.3 is 5.11 Å². The number of phenolic OH excluding ortho intramolecular Hbond substituents is 1. The Labute approximate surface area is 185 Å². The Balaban J connectivity index is 2.67. The number of rotatable bonds is 7. The zero-order valence-corrected chi connectivity index (χ0v) is 19.0. The molecule has 174 valence electrons. The summed E-state index contributed by atoms with van der Waals surface area (Å²) >= 11 is 0. The van der Waals surface area contributed by atoms with E-state index in [1.165, 1.54) is 0 Å². The molecule has 0 atom stereocenters. The van der Waals surface area contributed by atoms with Gasteiger partial charge >= 0.3 is 6.18 Å². The Kier molecular flexibility index (Phi) is 7.02. The van der Waals surface area contributed by atoms with Gasteiger partial charge in [0.05, 0.1) is 10.5 Å². The first-order valence-corrected chi connectivity index (χ1v) is 10.3. The number of nitro groups is 1. The van der Waals surface area contributed by atoms with E-state index in [-0.39, 0.29) is 28.0 Å². The van der Waals surface area contributed by atoms with Crippen molar-refractivity contribution >= 4 is 17.1 Å². The van der Waals surface area contributed by atoms with E-state index in [4.69, 9.17) is 0 Å². The third kappa shape index (κ3) is 5.26. The van der Waals surface area contributed by atoms with E-state index in [1.54, 1.807) is 6.07 Å². The molecule has 6 nitrogen and oxygen atoms in total. The first-order chi connectivity index (χ1) is 14.6. The summed E-state index contributed by atoms with van der Waals surface area (Å²) in [7, 11) is 0. The van der Waals surface area contributed by atoms with Gasteiger partial charge in [0, 0.05) is 11.6 Å². The van der Waals surface area contributed by atoms with E-state index in [9.17, 15) is 28.4 Å². The van der Waals surface area contributed by atoms with Crippen molar-refractivity contribution in [2.45, 2.75) is 71.4 Å². The fraction of sp³-hybridized carbons (Fsp3) is 0.478. The van der Waals surface area contributed by atoms with Gasteiger partial charge in [-0.2, -0.15) is 13.2 Å². The minimum atomic E-state index is -4.72. The molecule has 0 amide bonds. The van der Waals surface area contributed by atoms with E-state index in [1.807, 2.05) is 47.6 Å². The van der Waals surface area contributed by atoms with Crippen molar-refractivity contribution in [3.63, 3.8) is 0 Å². The Morgan fingerprint density at radius 1 is 0.906 bits per heavy atom. The van der Waals surface area contributed by atoms with Crippen molar-refractivity contribution < 1.29 is 23.2 Å². The molecule has 2 aromatic rings. The van der Waals surface area contributed by atoms with Gasteiger partial charge in [-0.3, -0.25) is 10.1 Å². The maximum Gasteiger partial charge on any atom is 0.416 e. The summed E-state index contributed by atoms with van der Waals surface area (Å²) in [6.07, 6.45) is -3.18. The van der Waals surface area contributed by atoms with Crippen LogP contribution in [0.2, 0.25) is 0 Å². The Morgan fingerprint density at radius 2 is 1.47 bits per heavy atom. The molecule has 32 heavy (non-hydrogen) atoms. The highest BCUT2D eigenvalue weighted by Crippen LogP contribution is 2.44. The molecule has 2 rings (SSSR count). The molecular formula is C23H28F3N3O3. The summed E-state index contributed by atoms with van der Waals surface area (Å²) < 4.78 is 38.8. The second-order valence-electron chi connectivity index (χ2n) is 9.02. The molecule has 0 aliphatic heterocycles. The van der Waals surface area contributed by atoms with Crippen molar-refractivity contribution in [2.24, 2.45) is 10.2 Å². The third-order valence-electron chi connectivity index (χ3n) is 6.13. The van der Waals surface area contributed by atoms with E-state index < -0.39 is 22.4 Å². The topological polar surface area (TPSA) is 88.1 Å². The van der Waals surface area contributed by atoms with Crippen LogP contribution >= 0.6 is 0 Å². The van der Waals surface area contributed by atoms with Crippen LogP contribution in [0, 0.1) is 10.1 Å². The van der Waals surface area contributed by atoms with E-state index in [0.717, 1.165) is 24.5 Å². The Bertz CT molecular complexity index is 1040. The lowest BCUT2D eigenvalue weighted by atomic mass is 9.76. The largest absolute Gasteiger partial charge is 0.505 e. The van der Waals surface area contributed by atoms with Gasteiger partial charge in [0.2, 0.25) is 0 Å². The van der Waals surface area contributed by atoms with Crippen LogP contribution in [0.15, 0.2) is 40.6 Å². The van der Waals surface area contributed by atoms with Crippen molar-refractivity contribution in [3.8, 4) is 5.75 Å². The van der Waals surface area contributed by atoms with Crippen LogP contribution in [-0.4, -0.2) is 10.0 Å². The van der Waals surface area contributed by atoms with Crippen LogP contribution in [0.1, 0.15) is 71.1 Å². The van der Waals surface area contributed by atoms with Gasteiger partial charge in [-0.15, -0.1) is 10.2 Å². The van der Waals surface area contributed by atoms with E-state index in [2.05, 4.69) is 10.2 Å². The average molecular weight is 451 g/mol. The van der Waals surface area contributed by atoms with Gasteiger partial charge in [-0.05, 0) is 47.4 Å². The molecule has 0 aromatic heterocycles. The molecule has 0 bridgehead atoms. The molecule has 2 aromatic carbocycles. The quantitative estimate of drug-likeness (QED) is 0.262. The predicted octanol–water partition coefficient (Wildman–Crippen LogP) is 8.11. The number of alkyl halides is 3. The number of hydrogen-bond donors (Lipinski definition) is 1. The van der Waals surface area contributed by atoms with Crippen LogP contribution in [0.4, 0.5) is 30.2 Å². The summed E-state index contributed by atoms with van der Waals surface area (Å²) in [5.74, 6) is -0.106. The molecule has 0 saturated heterocycles. The van der Waals surface area contributed by atoms with E-state index in [0.29, 0.717) is 17.7 Å². The molecule has 0 unspecified atom stereocenters. The van der Waals surface area contributed by atoms with Crippen molar-refractivity contribution in [3.05, 3.63) is 57.1 Å². The number of azo groups is 1. The molecule has 0 aliphatic rings. The molecule has 1 N–H and O–H groups in total. The molecular weight excluding hydrogens is 423 g/mol. The SMILES string of the molecule is CCC(C)(C)c1cc(N=Nc2ccc(C(F)(F)F)cc2[N+](=O)[O-])c(O)c(C(C)(C)CC)c1. The van der Waals surface area contributed by atoms with Crippen molar-refractivity contribution in [1.29, 1.82) is 0 Å². The van der Waals surface area contributed by atoms with Gasteiger partial charge in [-0.25, -0.2) is 0 Å². The number of halogens is 3. The average Bonchev–Trinajstić information content (AvgIpc) is 2.71. The molecule has 0 spiro atoms. The third-order valence-corrected chi connectivity index (χ3v) is 6.13. The van der Waals surface area contributed by atoms with Gasteiger partial charge in [0.15, 0.2) is 5.69 Å². The molecule has 0 heterocycles. The standard InChI is InChI=1S/C23H28F3N3O3/c1-7-21(3,4)15-11-16(22(5,6)8-2)20(30)18(12-15)28-27-17-10-9-14(23(24,25)26)13-19(17)29(31)32/h9-13,30H,7-8H2,1-6H3. The van der Waals surface area contributed by atoms with Gasteiger partial charge in [-0.1, -0.05) is 47.6 Å². The maximum absolute atomic E-state index is 12.9. The molecule has 0 fully saturated rings. The zero-order chi connectivity index (χ0) is 24.5. The second kappa shape index (κ2) is 8.88. The second-order valence-corrected chi connectivity index (χ2v) is 9.02. The fourth-order valence-electron chi connectivity index (χ4n) is 3.03. The lowest BCUT2D eigenvalue weighted by molar-refractivity contribution is -0.384. The molecule has 0 aliphatic carbocycles. The number of benzene rings is 2. The lowest BCUT2D eigenvalue weighted by Crippen LogP contribution is -2.20. The minimum Gasteiger partial charge on any atom is -0.505 e. The van der Waals surface area contributed by atoms with E-state index >= 15 is 0 Å². The van der Waals surface area contributed by atoms with Crippen LogP contribution in [0.5, 0.6) is 5.75 Å². The summed E-state index contributed by atoms with van der Waals surface area (Å²) in [5, 5.41) is 30.1. The highest BCUT2D eigenvalue weighted by molar-refractivity contribution is 5.62. The Hall–Kier alpha value is -2.97. The van der Waals surface area contributed by atoms with Gasteiger partial charge in [0.1, 0.15) is 11.4 Å². The fourth-order valence-corrected chi connectivity index (χ4v) is 3.03. The first-order valence-electron chi connectivity index (χ1n) is 10.3. The summed E-state index contributed by atoms with van der Waals surface area (Å²) in [4.78, 5) is 10.4. The van der Waals surface area contributed by atoms with Crippen LogP contribution in [-0.2, 0) is 17.0 Å². The number of nitro benzene ring substituents is 1. The highest BCUT2D eigenvalue weighted by Gasteiger charge is 2.33. The Morgan fingerprint density at radius 3 is 1.97 bits per heavy atom. The molecule has 9 heteroatoms. The number of aromatic hydroxyl groups is 1. The lowest BCUT2D eigenvalue weighted by Gasteiger charge is -2.30. The zero-order valence-electron chi connectivity index (χ0n) is 19.0. The van der Waals surface area contributed by atoms with Crippen molar-refractivity contribution in [1.82, 2.24) is 0 Å². The molecule has 0 saturated carbocycles. The first kappa shape index (κ1) is 25.3. The van der Waals surface area contributed by atoms with Crippen molar-refractivity contribution in [2.75, 3.05) is 0 Å². The van der Waals surface area contributed by atoms with Crippen LogP contribution in [0.25, 0.3) is 0 Å². The summed E-state index contributed by atoms with van der Waals surface area (Å²) in [6.45, 7) is 12.1. The normalized spacial score (nSPS) is 13.0. The summed E-state index contributed by atoms with van der Waals surface area (Å²) in [6, 6.07) is 5.63. The monoisotopic (exact) mass is 451 g/mol. The maximum atomic E-state index is 12.9. The number of nitrogens with zero attached hydrogens (tertiary/aromatic N) is 3.